The lowest BCUT2D eigenvalue weighted by atomic mass is 9.96. The minimum atomic E-state index is -0.766. The summed E-state index contributed by atoms with van der Waals surface area (Å²) < 4.78 is 18.6. The van der Waals surface area contributed by atoms with Crippen LogP contribution in [0.1, 0.15) is 34.6 Å². The number of fused-ring (bicyclic) bond motifs is 1. The fraction of sp³-hybridized carbons (Fsp3) is 0.111. The van der Waals surface area contributed by atoms with Crippen LogP contribution in [0, 0.1) is 3.57 Å². The molecule has 10 heteroatoms. The highest BCUT2D eigenvalue weighted by Crippen LogP contribution is 2.31. The molecule has 2 aromatic carbocycles. The Morgan fingerprint density at radius 3 is 2.46 bits per heavy atom. The van der Waals surface area contributed by atoms with Crippen molar-refractivity contribution in [2.75, 3.05) is 7.11 Å². The van der Waals surface area contributed by atoms with Crippen LogP contribution in [0.3, 0.4) is 0 Å². The molecule has 0 fully saturated rings. The molecule has 2 aromatic heterocycles. The van der Waals surface area contributed by atoms with E-state index in [4.69, 9.17) is 13.9 Å². The van der Waals surface area contributed by atoms with Gasteiger partial charge in [-0.2, -0.15) is 0 Å². The molecular formula is C27H19IN2O6S. The molecule has 0 radical (unpaired) electrons. The molecule has 0 aliphatic carbocycles. The van der Waals surface area contributed by atoms with Gasteiger partial charge in [0.25, 0.3) is 5.56 Å². The Labute approximate surface area is 228 Å². The number of aromatic nitrogens is 1. The van der Waals surface area contributed by atoms with Crippen LogP contribution in [0.25, 0.3) is 6.08 Å². The van der Waals surface area contributed by atoms with Gasteiger partial charge in [-0.25, -0.2) is 14.6 Å². The number of carbonyl (C=O) groups excluding carboxylic acids is 2. The average Bonchev–Trinajstić information content (AvgIpc) is 3.54. The lowest BCUT2D eigenvalue weighted by molar-refractivity contribution is -0.136. The van der Waals surface area contributed by atoms with Gasteiger partial charge in [0.2, 0.25) is 5.76 Å². The van der Waals surface area contributed by atoms with Crippen LogP contribution < -0.4 is 19.6 Å². The Balaban J connectivity index is 1.58. The Morgan fingerprint density at radius 1 is 1.08 bits per heavy atom. The van der Waals surface area contributed by atoms with Crippen molar-refractivity contribution in [3.8, 4) is 5.75 Å². The van der Waals surface area contributed by atoms with E-state index in [9.17, 15) is 14.4 Å². The van der Waals surface area contributed by atoms with E-state index in [-0.39, 0.29) is 22.6 Å². The first-order valence-corrected chi connectivity index (χ1v) is 13.0. The van der Waals surface area contributed by atoms with Crippen molar-refractivity contribution >= 4 is 51.9 Å². The molecule has 0 amide bonds. The highest BCUT2D eigenvalue weighted by molar-refractivity contribution is 14.1. The highest BCUT2D eigenvalue weighted by atomic mass is 127. The second-order valence-corrected chi connectivity index (χ2v) is 10.3. The Bertz CT molecular complexity index is 1700. The van der Waals surface area contributed by atoms with Crippen LogP contribution in [0.2, 0.25) is 0 Å². The summed E-state index contributed by atoms with van der Waals surface area (Å²) in [6, 6.07) is 16.7. The van der Waals surface area contributed by atoms with Gasteiger partial charge >= 0.3 is 11.9 Å². The van der Waals surface area contributed by atoms with E-state index in [1.54, 1.807) is 37.3 Å². The molecule has 8 nitrogen and oxygen atoms in total. The summed E-state index contributed by atoms with van der Waals surface area (Å²) in [6.45, 7) is 1.72. The van der Waals surface area contributed by atoms with Crippen molar-refractivity contribution < 1.29 is 23.5 Å². The van der Waals surface area contributed by atoms with Crippen molar-refractivity contribution in [2.45, 2.75) is 13.0 Å². The molecule has 4 aromatic rings. The third-order valence-electron chi connectivity index (χ3n) is 5.72. The first-order valence-electron chi connectivity index (χ1n) is 11.1. The SMILES string of the molecule is COC(=O)C1=C(C)N=c2s/c(=C/c3ccc(I)cc3)c(=O)n2[C@H]1c1ccc(OC(=O)c2ccco2)cc1. The topological polar surface area (TPSA) is 100 Å². The lowest BCUT2D eigenvalue weighted by Gasteiger charge is -2.24. The van der Waals surface area contributed by atoms with Gasteiger partial charge in [-0.3, -0.25) is 9.36 Å². The molecule has 0 bridgehead atoms. The number of halogens is 1. The smallest absolute Gasteiger partial charge is 0.379 e. The standard InChI is InChI=1S/C27H19IN2O6S/c1-15-22(26(33)34-2)23(17-7-11-19(12-8-17)36-25(32)20-4-3-13-35-20)30-24(31)21(37-27(30)29-15)14-16-5-9-18(28)10-6-16/h3-14,23H,1-2H3/b21-14+/t23-/m0/s1. The molecule has 186 valence electrons. The van der Waals surface area contributed by atoms with Gasteiger partial charge in [0.05, 0.1) is 35.2 Å². The Morgan fingerprint density at radius 2 is 1.81 bits per heavy atom. The molecular weight excluding hydrogens is 607 g/mol. The first-order chi connectivity index (χ1) is 17.9. The third kappa shape index (κ3) is 4.94. The van der Waals surface area contributed by atoms with Gasteiger partial charge < -0.3 is 13.9 Å². The number of ether oxygens (including phenoxy) is 2. The summed E-state index contributed by atoms with van der Waals surface area (Å²) in [6.07, 6.45) is 3.20. The molecule has 0 N–H and O–H groups in total. The zero-order valence-corrected chi connectivity index (χ0v) is 22.6. The van der Waals surface area contributed by atoms with E-state index in [1.165, 1.54) is 35.3 Å². The third-order valence-corrected chi connectivity index (χ3v) is 7.43. The summed E-state index contributed by atoms with van der Waals surface area (Å²) in [5.41, 5.74) is 1.97. The number of hydrogen-bond acceptors (Lipinski definition) is 8. The molecule has 0 saturated carbocycles. The maximum Gasteiger partial charge on any atom is 0.379 e. The summed E-state index contributed by atoms with van der Waals surface area (Å²) in [7, 11) is 1.29. The van der Waals surface area contributed by atoms with Crippen molar-refractivity contribution in [1.82, 2.24) is 4.57 Å². The van der Waals surface area contributed by atoms with Gasteiger partial charge in [-0.05, 0) is 83.1 Å². The summed E-state index contributed by atoms with van der Waals surface area (Å²) in [5.74, 6) is -0.841. The number of furan rings is 1. The second kappa shape index (κ2) is 10.3. The fourth-order valence-electron chi connectivity index (χ4n) is 3.99. The van der Waals surface area contributed by atoms with Gasteiger partial charge in [-0.1, -0.05) is 35.6 Å². The Hall–Kier alpha value is -3.77. The molecule has 5 rings (SSSR count). The minimum Gasteiger partial charge on any atom is -0.466 e. The van der Waals surface area contributed by atoms with Crippen LogP contribution >= 0.6 is 33.9 Å². The van der Waals surface area contributed by atoms with Gasteiger partial charge in [0.15, 0.2) is 4.80 Å². The number of methoxy groups -OCH3 is 1. The number of rotatable bonds is 5. The van der Waals surface area contributed by atoms with Gasteiger partial charge in [0, 0.05) is 3.57 Å². The molecule has 1 atom stereocenters. The van der Waals surface area contributed by atoms with Crippen LogP contribution in [-0.4, -0.2) is 23.6 Å². The average molecular weight is 626 g/mol. The largest absolute Gasteiger partial charge is 0.466 e. The van der Waals surface area contributed by atoms with Crippen molar-refractivity contribution in [1.29, 1.82) is 0 Å². The van der Waals surface area contributed by atoms with E-state index in [2.05, 4.69) is 27.6 Å². The number of carbonyl (C=O) groups is 2. The highest BCUT2D eigenvalue weighted by Gasteiger charge is 2.33. The van der Waals surface area contributed by atoms with E-state index >= 15 is 0 Å². The normalized spacial score (nSPS) is 15.2. The maximum absolute atomic E-state index is 13.6. The molecule has 1 aliphatic heterocycles. The van der Waals surface area contributed by atoms with Crippen molar-refractivity contribution in [2.24, 2.45) is 4.99 Å². The van der Waals surface area contributed by atoms with Crippen LogP contribution in [0.15, 0.2) is 92.4 Å². The van der Waals surface area contributed by atoms with E-state index in [0.717, 1.165) is 9.13 Å². The van der Waals surface area contributed by atoms with Crippen LogP contribution in [0.4, 0.5) is 0 Å². The number of allylic oxidation sites excluding steroid dienone is 1. The monoisotopic (exact) mass is 626 g/mol. The molecule has 37 heavy (non-hydrogen) atoms. The van der Waals surface area contributed by atoms with Crippen molar-refractivity contribution in [3.63, 3.8) is 0 Å². The number of benzene rings is 2. The zero-order chi connectivity index (χ0) is 26.1. The fourth-order valence-corrected chi connectivity index (χ4v) is 5.39. The first kappa shape index (κ1) is 24.9. The van der Waals surface area contributed by atoms with Crippen LogP contribution in [0.5, 0.6) is 5.75 Å². The summed E-state index contributed by atoms with van der Waals surface area (Å²) >= 11 is 3.48. The molecule has 0 unspecified atom stereocenters. The quantitative estimate of drug-likeness (QED) is 0.190. The zero-order valence-electron chi connectivity index (χ0n) is 19.6. The number of thiazole rings is 1. The van der Waals surface area contributed by atoms with E-state index in [1.807, 2.05) is 30.3 Å². The number of nitrogens with zero attached hydrogens (tertiary/aromatic N) is 2. The van der Waals surface area contributed by atoms with Crippen LogP contribution in [-0.2, 0) is 9.53 Å². The van der Waals surface area contributed by atoms with Crippen molar-refractivity contribution in [3.05, 3.63) is 118 Å². The second-order valence-electron chi connectivity index (χ2n) is 8.06. The molecule has 0 spiro atoms. The Kier molecular flexibility index (Phi) is 6.94. The lowest BCUT2D eigenvalue weighted by Crippen LogP contribution is -2.39. The number of hydrogen-bond donors (Lipinski definition) is 0. The summed E-state index contributed by atoms with van der Waals surface area (Å²) in [5, 5.41) is 0. The molecule has 0 saturated heterocycles. The maximum atomic E-state index is 13.6. The molecule has 3 heterocycles. The minimum absolute atomic E-state index is 0.0795. The number of esters is 2. The van der Waals surface area contributed by atoms with Gasteiger partial charge in [-0.15, -0.1) is 0 Å². The van der Waals surface area contributed by atoms with E-state index < -0.39 is 18.0 Å². The van der Waals surface area contributed by atoms with Gasteiger partial charge in [0.1, 0.15) is 5.75 Å². The van der Waals surface area contributed by atoms with E-state index in [0.29, 0.717) is 20.6 Å². The predicted molar refractivity (Wildman–Crippen MR) is 145 cm³/mol. The predicted octanol–water partition coefficient (Wildman–Crippen LogP) is 3.83. The molecule has 1 aliphatic rings. The summed E-state index contributed by atoms with van der Waals surface area (Å²) in [4.78, 5) is 43.7.